The van der Waals surface area contributed by atoms with Crippen molar-refractivity contribution in [2.45, 2.75) is 13.8 Å². The SMILES string of the molecule is CCOC(=O)C1=C(COC(=O)c2ccc(C)s2)NC(=O)NC1. The molecule has 0 radical (unpaired) electrons. The van der Waals surface area contributed by atoms with Crippen molar-refractivity contribution in [2.24, 2.45) is 0 Å². The Morgan fingerprint density at radius 1 is 1.27 bits per heavy atom. The quantitative estimate of drug-likeness (QED) is 0.797. The number of aryl methyl sites for hydroxylation is 1. The Morgan fingerprint density at radius 2 is 2.05 bits per heavy atom. The second-order valence-corrected chi connectivity index (χ2v) is 5.76. The fourth-order valence-corrected chi connectivity index (χ4v) is 2.58. The van der Waals surface area contributed by atoms with Crippen molar-refractivity contribution in [2.75, 3.05) is 19.8 Å². The number of thiophene rings is 1. The van der Waals surface area contributed by atoms with Gasteiger partial charge in [-0.2, -0.15) is 0 Å². The van der Waals surface area contributed by atoms with E-state index in [1.807, 2.05) is 13.0 Å². The van der Waals surface area contributed by atoms with E-state index in [2.05, 4.69) is 10.6 Å². The van der Waals surface area contributed by atoms with Crippen molar-refractivity contribution in [3.05, 3.63) is 33.2 Å². The van der Waals surface area contributed by atoms with Gasteiger partial charge in [0.05, 0.1) is 24.4 Å². The lowest BCUT2D eigenvalue weighted by atomic mass is 10.2. The average Bonchev–Trinajstić information content (AvgIpc) is 2.91. The lowest BCUT2D eigenvalue weighted by Crippen LogP contribution is -2.45. The number of hydrogen-bond donors (Lipinski definition) is 2. The van der Waals surface area contributed by atoms with Crippen LogP contribution in [0.4, 0.5) is 4.79 Å². The molecule has 118 valence electrons. The predicted molar refractivity (Wildman–Crippen MR) is 79.5 cm³/mol. The van der Waals surface area contributed by atoms with Gasteiger partial charge in [0.1, 0.15) is 11.5 Å². The molecule has 0 saturated carbocycles. The normalized spacial score (nSPS) is 14.2. The molecule has 22 heavy (non-hydrogen) atoms. The van der Waals surface area contributed by atoms with Crippen molar-refractivity contribution < 1.29 is 23.9 Å². The van der Waals surface area contributed by atoms with Gasteiger partial charge in [0.25, 0.3) is 0 Å². The van der Waals surface area contributed by atoms with Gasteiger partial charge in [-0.05, 0) is 26.0 Å². The van der Waals surface area contributed by atoms with E-state index in [1.54, 1.807) is 13.0 Å². The zero-order valence-electron chi connectivity index (χ0n) is 12.2. The van der Waals surface area contributed by atoms with Gasteiger partial charge in [-0.15, -0.1) is 11.3 Å². The number of rotatable bonds is 5. The molecule has 2 N–H and O–H groups in total. The second-order valence-electron chi connectivity index (χ2n) is 4.47. The maximum atomic E-state index is 11.9. The summed E-state index contributed by atoms with van der Waals surface area (Å²) in [6.45, 7) is 3.63. The minimum Gasteiger partial charge on any atom is -0.463 e. The molecule has 0 unspecified atom stereocenters. The van der Waals surface area contributed by atoms with E-state index in [0.717, 1.165) is 4.88 Å². The molecule has 1 aromatic rings. The largest absolute Gasteiger partial charge is 0.463 e. The number of urea groups is 1. The highest BCUT2D eigenvalue weighted by atomic mass is 32.1. The number of carbonyl (C=O) groups excluding carboxylic acids is 3. The molecule has 0 aromatic carbocycles. The Kier molecular flexibility index (Phi) is 5.16. The molecule has 1 aromatic heterocycles. The third-order valence-corrected chi connectivity index (χ3v) is 3.85. The molecule has 0 spiro atoms. The van der Waals surface area contributed by atoms with E-state index in [1.165, 1.54) is 11.3 Å². The topological polar surface area (TPSA) is 93.7 Å². The Bertz CT molecular complexity index is 635. The van der Waals surface area contributed by atoms with Crippen molar-refractivity contribution in [3.8, 4) is 0 Å². The number of ether oxygens (including phenoxy) is 2. The molecular weight excluding hydrogens is 308 g/mol. The summed E-state index contributed by atoms with van der Waals surface area (Å²) >= 11 is 1.32. The van der Waals surface area contributed by atoms with Gasteiger partial charge in [0.2, 0.25) is 0 Å². The van der Waals surface area contributed by atoms with E-state index >= 15 is 0 Å². The van der Waals surface area contributed by atoms with Gasteiger partial charge in [0.15, 0.2) is 0 Å². The molecule has 8 heteroatoms. The van der Waals surface area contributed by atoms with Crippen LogP contribution in [0.25, 0.3) is 0 Å². The van der Waals surface area contributed by atoms with Crippen LogP contribution >= 0.6 is 11.3 Å². The standard InChI is InChI=1S/C14H16N2O5S/c1-3-20-12(17)9-6-15-14(19)16-10(9)7-21-13(18)11-5-4-8(2)22-11/h4-5H,3,6-7H2,1-2H3,(H2,15,16,19). The fraction of sp³-hybridized carbons (Fsp3) is 0.357. The fourth-order valence-electron chi connectivity index (χ4n) is 1.82. The van der Waals surface area contributed by atoms with Gasteiger partial charge in [-0.25, -0.2) is 14.4 Å². The number of carbonyl (C=O) groups is 3. The Labute approximate surface area is 131 Å². The Morgan fingerprint density at radius 3 is 2.68 bits per heavy atom. The highest BCUT2D eigenvalue weighted by Gasteiger charge is 2.24. The Hall–Kier alpha value is -2.35. The van der Waals surface area contributed by atoms with Gasteiger partial charge < -0.3 is 20.1 Å². The summed E-state index contributed by atoms with van der Waals surface area (Å²) in [7, 11) is 0. The molecule has 1 aliphatic rings. The molecule has 2 amide bonds. The minimum atomic E-state index is -0.548. The second kappa shape index (κ2) is 7.08. The van der Waals surface area contributed by atoms with Crippen molar-refractivity contribution in [1.29, 1.82) is 0 Å². The van der Waals surface area contributed by atoms with Crippen LogP contribution in [-0.2, 0) is 14.3 Å². The smallest absolute Gasteiger partial charge is 0.348 e. The highest BCUT2D eigenvalue weighted by Crippen LogP contribution is 2.17. The summed E-state index contributed by atoms with van der Waals surface area (Å²) in [4.78, 5) is 36.6. The van der Waals surface area contributed by atoms with E-state index in [9.17, 15) is 14.4 Å². The number of amides is 2. The maximum Gasteiger partial charge on any atom is 0.348 e. The van der Waals surface area contributed by atoms with Gasteiger partial charge in [-0.1, -0.05) is 0 Å². The third-order valence-electron chi connectivity index (χ3n) is 2.87. The van der Waals surface area contributed by atoms with Crippen molar-refractivity contribution >= 4 is 29.3 Å². The van der Waals surface area contributed by atoms with Gasteiger partial charge in [-0.3, -0.25) is 0 Å². The third kappa shape index (κ3) is 3.85. The van der Waals surface area contributed by atoms with Gasteiger partial charge >= 0.3 is 18.0 Å². The van der Waals surface area contributed by atoms with Crippen LogP contribution in [0.15, 0.2) is 23.4 Å². The van der Waals surface area contributed by atoms with Crippen LogP contribution < -0.4 is 10.6 Å². The van der Waals surface area contributed by atoms with E-state index < -0.39 is 18.0 Å². The maximum absolute atomic E-state index is 11.9. The van der Waals surface area contributed by atoms with Crippen molar-refractivity contribution in [3.63, 3.8) is 0 Å². The zero-order chi connectivity index (χ0) is 16.1. The molecule has 0 bridgehead atoms. The van der Waals surface area contributed by atoms with Crippen LogP contribution in [0.2, 0.25) is 0 Å². The monoisotopic (exact) mass is 324 g/mol. The van der Waals surface area contributed by atoms with Crippen LogP contribution in [-0.4, -0.2) is 37.7 Å². The summed E-state index contributed by atoms with van der Waals surface area (Å²) in [6, 6.07) is 3.03. The number of hydrogen-bond acceptors (Lipinski definition) is 6. The highest BCUT2D eigenvalue weighted by molar-refractivity contribution is 7.13. The summed E-state index contributed by atoms with van der Waals surface area (Å²) in [5.41, 5.74) is 0.487. The predicted octanol–water partition coefficient (Wildman–Crippen LogP) is 1.34. The molecule has 0 fully saturated rings. The van der Waals surface area contributed by atoms with Crippen molar-refractivity contribution in [1.82, 2.24) is 10.6 Å². The molecule has 0 aliphatic carbocycles. The van der Waals surface area contributed by atoms with Crippen LogP contribution in [0.5, 0.6) is 0 Å². The zero-order valence-corrected chi connectivity index (χ0v) is 13.0. The first-order chi connectivity index (χ1) is 10.5. The molecule has 2 heterocycles. The number of nitrogens with one attached hydrogen (secondary N) is 2. The summed E-state index contributed by atoms with van der Waals surface area (Å²) in [5.74, 6) is -1.05. The average molecular weight is 324 g/mol. The summed E-state index contributed by atoms with van der Waals surface area (Å²) < 4.78 is 10.1. The lowest BCUT2D eigenvalue weighted by molar-refractivity contribution is -0.138. The number of esters is 2. The first-order valence-corrected chi connectivity index (χ1v) is 7.50. The molecule has 7 nitrogen and oxygen atoms in total. The molecule has 2 rings (SSSR count). The minimum absolute atomic E-state index is 0.0374. The van der Waals surface area contributed by atoms with E-state index in [4.69, 9.17) is 9.47 Å². The molecule has 1 aliphatic heterocycles. The first kappa shape index (κ1) is 16.0. The van der Waals surface area contributed by atoms with E-state index in [-0.39, 0.29) is 31.0 Å². The van der Waals surface area contributed by atoms with Gasteiger partial charge in [0, 0.05) is 4.88 Å². The first-order valence-electron chi connectivity index (χ1n) is 6.68. The molecular formula is C14H16N2O5S. The molecule has 0 saturated heterocycles. The van der Waals surface area contributed by atoms with E-state index in [0.29, 0.717) is 4.88 Å². The summed E-state index contributed by atoms with van der Waals surface area (Å²) in [6.07, 6.45) is 0. The lowest BCUT2D eigenvalue weighted by Gasteiger charge is -2.20. The van der Waals surface area contributed by atoms with Crippen LogP contribution in [0.3, 0.4) is 0 Å². The Balaban J connectivity index is 2.07. The van der Waals surface area contributed by atoms with Crippen LogP contribution in [0.1, 0.15) is 21.5 Å². The summed E-state index contributed by atoms with van der Waals surface area (Å²) in [5, 5.41) is 4.95. The molecule has 0 atom stereocenters. The van der Waals surface area contributed by atoms with Crippen LogP contribution in [0, 0.1) is 6.92 Å².